The Morgan fingerprint density at radius 1 is 0.960 bits per heavy atom. The van der Waals surface area contributed by atoms with Gasteiger partial charge in [-0.2, -0.15) is 5.26 Å². The van der Waals surface area contributed by atoms with Crippen molar-refractivity contribution in [1.82, 2.24) is 0 Å². The highest BCUT2D eigenvalue weighted by Crippen LogP contribution is 2.47. The number of rotatable bonds is 10. The van der Waals surface area contributed by atoms with E-state index in [1.54, 1.807) is 0 Å². The molecule has 0 bridgehead atoms. The average molecular weight is 340 g/mol. The summed E-state index contributed by atoms with van der Waals surface area (Å²) < 4.78 is 0. The molecule has 1 aromatic carbocycles. The van der Waals surface area contributed by atoms with Crippen molar-refractivity contribution >= 4 is 0 Å². The molecular formula is C24H37N. The normalized spacial score (nSPS) is 17.8. The summed E-state index contributed by atoms with van der Waals surface area (Å²) in [4.78, 5) is 0. The van der Waals surface area contributed by atoms with Gasteiger partial charge in [-0.3, -0.25) is 0 Å². The van der Waals surface area contributed by atoms with E-state index in [1.165, 1.54) is 88.2 Å². The van der Waals surface area contributed by atoms with Crippen molar-refractivity contribution < 1.29 is 0 Å². The quantitative estimate of drug-likeness (QED) is 0.403. The van der Waals surface area contributed by atoms with E-state index in [-0.39, 0.29) is 5.92 Å². The molecule has 0 spiro atoms. The van der Waals surface area contributed by atoms with Gasteiger partial charge >= 0.3 is 0 Å². The van der Waals surface area contributed by atoms with Crippen molar-refractivity contribution in [2.75, 3.05) is 0 Å². The molecule has 0 aromatic heterocycles. The predicted molar refractivity (Wildman–Crippen MR) is 108 cm³/mol. The molecule has 0 amide bonds. The van der Waals surface area contributed by atoms with E-state index in [0.717, 1.165) is 6.42 Å². The van der Waals surface area contributed by atoms with Crippen LogP contribution in [0.1, 0.15) is 108 Å². The summed E-state index contributed by atoms with van der Waals surface area (Å²) in [5.41, 5.74) is 3.09. The highest BCUT2D eigenvalue weighted by Gasteiger charge is 2.34. The van der Waals surface area contributed by atoms with Gasteiger partial charge in [0.05, 0.1) is 12.0 Å². The predicted octanol–water partition coefficient (Wildman–Crippen LogP) is 7.56. The first-order valence-electron chi connectivity index (χ1n) is 10.7. The number of unbranched alkanes of at least 4 members (excludes halogenated alkanes) is 3. The largest absolute Gasteiger partial charge is 0.198 e. The fourth-order valence-electron chi connectivity index (χ4n) is 4.58. The molecule has 1 fully saturated rings. The Morgan fingerprint density at radius 2 is 1.64 bits per heavy atom. The molecule has 1 nitrogen and oxygen atoms in total. The van der Waals surface area contributed by atoms with Gasteiger partial charge < -0.3 is 0 Å². The standard InChI is InChI=1S/C24H37N/c1-3-5-8-11-21-12-14-22(15-13-21)23(20-25)19-24(16-6-4-2)17-9-7-10-18-24/h12-15,23H,3-11,16-19H2,1-2H3. The van der Waals surface area contributed by atoms with Crippen LogP contribution in [0, 0.1) is 16.7 Å². The second kappa shape index (κ2) is 10.6. The van der Waals surface area contributed by atoms with Crippen LogP contribution in [-0.4, -0.2) is 0 Å². The molecule has 1 heteroatoms. The molecule has 1 unspecified atom stereocenters. The zero-order valence-corrected chi connectivity index (χ0v) is 16.5. The Bertz CT molecular complexity index is 516. The summed E-state index contributed by atoms with van der Waals surface area (Å²) in [5.74, 6) is 0.0691. The number of nitrogens with zero attached hydrogens (tertiary/aromatic N) is 1. The van der Waals surface area contributed by atoms with Crippen molar-refractivity contribution in [3.05, 3.63) is 35.4 Å². The monoisotopic (exact) mass is 339 g/mol. The molecule has 0 N–H and O–H groups in total. The van der Waals surface area contributed by atoms with Crippen molar-refractivity contribution in [1.29, 1.82) is 5.26 Å². The summed E-state index contributed by atoms with van der Waals surface area (Å²) in [5, 5.41) is 9.84. The zero-order valence-electron chi connectivity index (χ0n) is 16.5. The number of hydrogen-bond acceptors (Lipinski definition) is 1. The lowest BCUT2D eigenvalue weighted by Gasteiger charge is -2.39. The van der Waals surface area contributed by atoms with Gasteiger partial charge in [0.2, 0.25) is 0 Å². The van der Waals surface area contributed by atoms with Gasteiger partial charge in [-0.25, -0.2) is 0 Å². The van der Waals surface area contributed by atoms with Crippen LogP contribution < -0.4 is 0 Å². The Morgan fingerprint density at radius 3 is 2.24 bits per heavy atom. The minimum atomic E-state index is 0.0691. The summed E-state index contributed by atoms with van der Waals surface area (Å²) in [7, 11) is 0. The van der Waals surface area contributed by atoms with Crippen molar-refractivity contribution in [2.45, 2.75) is 103 Å². The van der Waals surface area contributed by atoms with Gasteiger partial charge in [0.15, 0.2) is 0 Å². The minimum absolute atomic E-state index is 0.0691. The molecule has 138 valence electrons. The van der Waals surface area contributed by atoms with Crippen molar-refractivity contribution in [2.24, 2.45) is 5.41 Å². The zero-order chi connectivity index (χ0) is 18.0. The van der Waals surface area contributed by atoms with Crippen LogP contribution >= 0.6 is 0 Å². The van der Waals surface area contributed by atoms with Gasteiger partial charge in [-0.15, -0.1) is 0 Å². The molecule has 25 heavy (non-hydrogen) atoms. The minimum Gasteiger partial charge on any atom is -0.198 e. The summed E-state index contributed by atoms with van der Waals surface area (Å²) in [6.45, 7) is 4.54. The summed E-state index contributed by atoms with van der Waals surface area (Å²) in [6.07, 6.45) is 16.8. The van der Waals surface area contributed by atoms with Crippen LogP contribution in [0.25, 0.3) is 0 Å². The fourth-order valence-corrected chi connectivity index (χ4v) is 4.58. The molecule has 2 rings (SSSR count). The van der Waals surface area contributed by atoms with Crippen LogP contribution in [0.2, 0.25) is 0 Å². The maximum absolute atomic E-state index is 9.84. The average Bonchev–Trinajstić information content (AvgIpc) is 2.66. The first kappa shape index (κ1) is 20.0. The molecule has 1 aliphatic rings. The Hall–Kier alpha value is -1.29. The Kier molecular flexibility index (Phi) is 8.53. The van der Waals surface area contributed by atoms with E-state index in [9.17, 15) is 5.26 Å². The lowest BCUT2D eigenvalue weighted by atomic mass is 9.66. The number of nitriles is 1. The van der Waals surface area contributed by atoms with Crippen LogP contribution in [0.15, 0.2) is 24.3 Å². The van der Waals surface area contributed by atoms with E-state index < -0.39 is 0 Å². The molecule has 1 saturated carbocycles. The highest BCUT2D eigenvalue weighted by molar-refractivity contribution is 5.29. The smallest absolute Gasteiger partial charge is 0.0718 e. The van der Waals surface area contributed by atoms with Crippen LogP contribution in [0.5, 0.6) is 0 Å². The third kappa shape index (κ3) is 6.18. The van der Waals surface area contributed by atoms with Crippen molar-refractivity contribution in [3.8, 4) is 6.07 Å². The van der Waals surface area contributed by atoms with Crippen LogP contribution in [-0.2, 0) is 6.42 Å². The van der Waals surface area contributed by atoms with E-state index in [4.69, 9.17) is 0 Å². The molecule has 0 heterocycles. The van der Waals surface area contributed by atoms with Crippen LogP contribution in [0.3, 0.4) is 0 Å². The van der Waals surface area contributed by atoms with Gasteiger partial charge in [-0.05, 0) is 55.1 Å². The maximum Gasteiger partial charge on any atom is 0.0718 e. The van der Waals surface area contributed by atoms with Gasteiger partial charge in [-0.1, -0.05) is 83.1 Å². The van der Waals surface area contributed by atoms with Gasteiger partial charge in [0.1, 0.15) is 0 Å². The molecule has 0 aliphatic heterocycles. The van der Waals surface area contributed by atoms with E-state index in [0.29, 0.717) is 5.41 Å². The molecule has 1 aromatic rings. The number of aryl methyl sites for hydroxylation is 1. The number of hydrogen-bond donors (Lipinski definition) is 0. The second-order valence-electron chi connectivity index (χ2n) is 8.25. The molecular weight excluding hydrogens is 302 g/mol. The molecule has 0 saturated heterocycles. The first-order valence-corrected chi connectivity index (χ1v) is 10.7. The van der Waals surface area contributed by atoms with Gasteiger partial charge in [0, 0.05) is 0 Å². The third-order valence-corrected chi connectivity index (χ3v) is 6.22. The number of benzene rings is 1. The van der Waals surface area contributed by atoms with Crippen molar-refractivity contribution in [3.63, 3.8) is 0 Å². The lowest BCUT2D eigenvalue weighted by molar-refractivity contribution is 0.148. The second-order valence-corrected chi connectivity index (χ2v) is 8.25. The third-order valence-electron chi connectivity index (χ3n) is 6.22. The Labute approximate surface area is 155 Å². The fraction of sp³-hybridized carbons (Fsp3) is 0.708. The maximum atomic E-state index is 9.84. The molecule has 1 aliphatic carbocycles. The van der Waals surface area contributed by atoms with E-state index in [1.807, 2.05) is 0 Å². The van der Waals surface area contributed by atoms with E-state index >= 15 is 0 Å². The molecule has 0 radical (unpaired) electrons. The SMILES string of the molecule is CCCCCc1ccc(C(C#N)CC2(CCCC)CCCCC2)cc1. The van der Waals surface area contributed by atoms with E-state index in [2.05, 4.69) is 44.2 Å². The lowest BCUT2D eigenvalue weighted by Crippen LogP contribution is -2.26. The summed E-state index contributed by atoms with van der Waals surface area (Å²) >= 11 is 0. The Balaban J connectivity index is 2.03. The topological polar surface area (TPSA) is 23.8 Å². The first-order chi connectivity index (χ1) is 12.2. The van der Waals surface area contributed by atoms with Crippen LogP contribution in [0.4, 0.5) is 0 Å². The highest BCUT2D eigenvalue weighted by atomic mass is 14.4. The summed E-state index contributed by atoms with van der Waals surface area (Å²) in [6, 6.07) is 11.6. The molecule has 1 atom stereocenters. The van der Waals surface area contributed by atoms with Gasteiger partial charge in [0.25, 0.3) is 0 Å².